The molecule has 1 N–H and O–H groups in total. The van der Waals surface area contributed by atoms with Crippen LogP contribution in [0.3, 0.4) is 0 Å². The van der Waals surface area contributed by atoms with E-state index < -0.39 is 6.04 Å². The molecule has 0 spiro atoms. The predicted octanol–water partition coefficient (Wildman–Crippen LogP) is 4.14. The van der Waals surface area contributed by atoms with E-state index in [9.17, 15) is 14.7 Å². The van der Waals surface area contributed by atoms with E-state index in [0.717, 1.165) is 10.0 Å². The molecule has 1 unspecified atom stereocenters. The number of aliphatic hydroxyl groups is 1. The van der Waals surface area contributed by atoms with E-state index in [-0.39, 0.29) is 23.7 Å². The number of amides is 1. The molecule has 7 heteroatoms. The Morgan fingerprint density at radius 3 is 2.74 bits per heavy atom. The van der Waals surface area contributed by atoms with E-state index in [1.54, 1.807) is 23.1 Å². The summed E-state index contributed by atoms with van der Waals surface area (Å²) in [5, 5.41) is 10.00. The lowest BCUT2D eigenvalue weighted by atomic mass is 9.98. The molecule has 1 aliphatic heterocycles. The summed E-state index contributed by atoms with van der Waals surface area (Å²) in [6.45, 7) is 0.261. The van der Waals surface area contributed by atoms with E-state index in [1.807, 2.05) is 24.3 Å². The summed E-state index contributed by atoms with van der Waals surface area (Å²) in [4.78, 5) is 27.8. The van der Waals surface area contributed by atoms with Crippen LogP contribution < -0.4 is 5.43 Å². The maximum absolute atomic E-state index is 13.2. The molecule has 1 aromatic heterocycles. The SMILES string of the molecule is O=C1c2oc3ccc(Cl)cc3c(=O)c2C(c2cccc(Br)c2)N1CCCO. The third kappa shape index (κ3) is 3.08. The molecule has 27 heavy (non-hydrogen) atoms. The number of carbonyl (C=O) groups is 1. The van der Waals surface area contributed by atoms with Crippen molar-refractivity contribution in [3.8, 4) is 0 Å². The van der Waals surface area contributed by atoms with Crippen molar-refractivity contribution in [1.29, 1.82) is 0 Å². The molecule has 1 atom stereocenters. The fraction of sp³-hybridized carbons (Fsp3) is 0.200. The van der Waals surface area contributed by atoms with Crippen LogP contribution in [0, 0.1) is 0 Å². The largest absolute Gasteiger partial charge is 0.450 e. The Balaban J connectivity index is 1.99. The number of hydrogen-bond acceptors (Lipinski definition) is 4. The quantitative estimate of drug-likeness (QED) is 0.651. The van der Waals surface area contributed by atoms with Gasteiger partial charge in [-0.1, -0.05) is 39.7 Å². The van der Waals surface area contributed by atoms with Crippen molar-refractivity contribution in [2.24, 2.45) is 0 Å². The summed E-state index contributed by atoms with van der Waals surface area (Å²) in [5.41, 5.74) is 1.17. The van der Waals surface area contributed by atoms with Gasteiger partial charge in [-0.25, -0.2) is 0 Å². The van der Waals surface area contributed by atoms with E-state index in [1.165, 1.54) is 0 Å². The third-order valence-corrected chi connectivity index (χ3v) is 5.38. The van der Waals surface area contributed by atoms with Crippen LogP contribution in [0.5, 0.6) is 0 Å². The van der Waals surface area contributed by atoms with Gasteiger partial charge in [0.05, 0.1) is 17.0 Å². The summed E-state index contributed by atoms with van der Waals surface area (Å²) >= 11 is 9.49. The molecule has 0 saturated heterocycles. The van der Waals surface area contributed by atoms with Crippen molar-refractivity contribution in [1.82, 2.24) is 4.90 Å². The Kier molecular flexibility index (Phi) is 4.80. The van der Waals surface area contributed by atoms with Crippen LogP contribution in [0.25, 0.3) is 11.0 Å². The van der Waals surface area contributed by atoms with Gasteiger partial charge in [0.1, 0.15) is 5.58 Å². The van der Waals surface area contributed by atoms with Gasteiger partial charge in [0.15, 0.2) is 5.43 Å². The Hall–Kier alpha value is -2.15. The van der Waals surface area contributed by atoms with Gasteiger partial charge in [-0.05, 0) is 42.3 Å². The zero-order valence-corrected chi connectivity index (χ0v) is 16.5. The van der Waals surface area contributed by atoms with Crippen LogP contribution in [-0.2, 0) is 0 Å². The van der Waals surface area contributed by atoms with Crippen molar-refractivity contribution in [3.63, 3.8) is 0 Å². The zero-order chi connectivity index (χ0) is 19.1. The summed E-state index contributed by atoms with van der Waals surface area (Å²) in [7, 11) is 0. The molecule has 2 aromatic carbocycles. The predicted molar refractivity (Wildman–Crippen MR) is 106 cm³/mol. The molecular weight excluding hydrogens is 434 g/mol. The maximum atomic E-state index is 13.2. The average Bonchev–Trinajstić information content (AvgIpc) is 2.93. The number of carbonyl (C=O) groups excluding carboxylic acids is 1. The minimum absolute atomic E-state index is 0.0513. The van der Waals surface area contributed by atoms with E-state index in [2.05, 4.69) is 15.9 Å². The standard InChI is InChI=1S/C20H15BrClNO4/c21-12-4-1-3-11(9-12)17-16-18(25)14-10-13(22)5-6-15(14)27-19(16)20(26)23(17)7-2-8-24/h1,3-6,9-10,17,24H,2,7-8H2. The van der Waals surface area contributed by atoms with Gasteiger partial charge in [-0.3, -0.25) is 9.59 Å². The Morgan fingerprint density at radius 1 is 1.19 bits per heavy atom. The molecule has 1 aliphatic rings. The number of rotatable bonds is 4. The summed E-state index contributed by atoms with van der Waals surface area (Å²) < 4.78 is 6.66. The molecule has 1 amide bonds. The van der Waals surface area contributed by atoms with Gasteiger partial charge in [0.2, 0.25) is 5.76 Å². The van der Waals surface area contributed by atoms with Gasteiger partial charge in [-0.2, -0.15) is 0 Å². The highest BCUT2D eigenvalue weighted by Crippen LogP contribution is 2.39. The number of fused-ring (bicyclic) bond motifs is 2. The monoisotopic (exact) mass is 447 g/mol. The smallest absolute Gasteiger partial charge is 0.290 e. The molecule has 3 aromatic rings. The zero-order valence-electron chi connectivity index (χ0n) is 14.1. The Morgan fingerprint density at radius 2 is 2.00 bits per heavy atom. The van der Waals surface area contributed by atoms with E-state index in [4.69, 9.17) is 16.0 Å². The Bertz CT molecular complexity index is 1110. The summed E-state index contributed by atoms with van der Waals surface area (Å²) in [6.07, 6.45) is 0.407. The number of benzene rings is 2. The fourth-order valence-electron chi connectivity index (χ4n) is 3.49. The minimum Gasteiger partial charge on any atom is -0.450 e. The summed E-state index contributed by atoms with van der Waals surface area (Å²) in [6, 6.07) is 11.7. The molecule has 0 saturated carbocycles. The molecule has 0 aliphatic carbocycles. The maximum Gasteiger partial charge on any atom is 0.290 e. The van der Waals surface area contributed by atoms with Crippen LogP contribution in [0.15, 0.2) is 56.1 Å². The number of aliphatic hydroxyl groups excluding tert-OH is 1. The van der Waals surface area contributed by atoms with Gasteiger partial charge in [-0.15, -0.1) is 0 Å². The number of hydrogen-bond donors (Lipinski definition) is 1. The van der Waals surface area contributed by atoms with Crippen LogP contribution in [0.1, 0.15) is 34.1 Å². The number of nitrogens with zero attached hydrogens (tertiary/aromatic N) is 1. The molecule has 0 bridgehead atoms. The molecule has 0 fully saturated rings. The van der Waals surface area contributed by atoms with Crippen LogP contribution >= 0.6 is 27.5 Å². The van der Waals surface area contributed by atoms with Crippen LogP contribution in [-0.4, -0.2) is 29.1 Å². The van der Waals surface area contributed by atoms with Crippen molar-refractivity contribution >= 4 is 44.4 Å². The highest BCUT2D eigenvalue weighted by Gasteiger charge is 2.42. The second-order valence-corrected chi connectivity index (χ2v) is 7.70. The van der Waals surface area contributed by atoms with E-state index in [0.29, 0.717) is 34.5 Å². The van der Waals surface area contributed by atoms with Crippen molar-refractivity contribution in [2.75, 3.05) is 13.2 Å². The molecule has 0 radical (unpaired) electrons. The average molecular weight is 449 g/mol. The van der Waals surface area contributed by atoms with Gasteiger partial charge in [0.25, 0.3) is 5.91 Å². The summed E-state index contributed by atoms with van der Waals surface area (Å²) in [5.74, 6) is -0.296. The number of halogens is 2. The van der Waals surface area contributed by atoms with Crippen molar-refractivity contribution < 1.29 is 14.3 Å². The molecule has 2 heterocycles. The minimum atomic E-state index is -0.573. The van der Waals surface area contributed by atoms with Crippen LogP contribution in [0.2, 0.25) is 5.02 Å². The van der Waals surface area contributed by atoms with E-state index >= 15 is 0 Å². The first-order chi connectivity index (χ1) is 13.0. The fourth-order valence-corrected chi connectivity index (χ4v) is 4.08. The lowest BCUT2D eigenvalue weighted by Crippen LogP contribution is -2.31. The van der Waals surface area contributed by atoms with Gasteiger partial charge in [0, 0.05) is 22.6 Å². The van der Waals surface area contributed by atoms with Gasteiger partial charge < -0.3 is 14.4 Å². The van der Waals surface area contributed by atoms with Crippen LogP contribution in [0.4, 0.5) is 0 Å². The van der Waals surface area contributed by atoms with Crippen molar-refractivity contribution in [3.05, 3.63) is 79.1 Å². The first-order valence-corrected chi connectivity index (χ1v) is 9.62. The first kappa shape index (κ1) is 18.2. The lowest BCUT2D eigenvalue weighted by Gasteiger charge is -2.25. The normalized spacial score (nSPS) is 16.2. The topological polar surface area (TPSA) is 70.8 Å². The second-order valence-electron chi connectivity index (χ2n) is 6.35. The van der Waals surface area contributed by atoms with Crippen molar-refractivity contribution in [2.45, 2.75) is 12.5 Å². The second kappa shape index (κ2) is 7.11. The Labute approximate surface area is 168 Å². The highest BCUT2D eigenvalue weighted by molar-refractivity contribution is 9.10. The highest BCUT2D eigenvalue weighted by atomic mass is 79.9. The molecule has 138 valence electrons. The molecule has 4 rings (SSSR count). The third-order valence-electron chi connectivity index (χ3n) is 4.65. The first-order valence-electron chi connectivity index (χ1n) is 8.45. The molecular formula is C20H15BrClNO4. The van der Waals surface area contributed by atoms with Gasteiger partial charge >= 0.3 is 0 Å². The molecule has 5 nitrogen and oxygen atoms in total. The lowest BCUT2D eigenvalue weighted by molar-refractivity contribution is 0.0716.